The largest absolute Gasteiger partial charge is 0.463 e. The minimum Gasteiger partial charge on any atom is -0.463 e. The summed E-state index contributed by atoms with van der Waals surface area (Å²) in [7, 11) is 0. The second kappa shape index (κ2) is 4.66. The second-order valence-corrected chi connectivity index (χ2v) is 2.44. The fourth-order valence-corrected chi connectivity index (χ4v) is 0.955. The van der Waals surface area contributed by atoms with E-state index in [2.05, 4.69) is 22.3 Å². The summed E-state index contributed by atoms with van der Waals surface area (Å²) < 4.78 is 7.27. The van der Waals surface area contributed by atoms with E-state index in [0.717, 1.165) is 11.3 Å². The number of ether oxygens (including phenoxy) is 1. The van der Waals surface area contributed by atoms with E-state index >= 15 is 0 Å². The van der Waals surface area contributed by atoms with Crippen LogP contribution in [0.2, 0.25) is 0 Å². The molecule has 0 aliphatic rings. The van der Waals surface area contributed by atoms with Gasteiger partial charge in [-0.2, -0.15) is 0 Å². The van der Waals surface area contributed by atoms with Crippen molar-refractivity contribution >= 4 is 25.0 Å². The van der Waals surface area contributed by atoms with E-state index in [1.807, 2.05) is 24.3 Å². The van der Waals surface area contributed by atoms with Crippen LogP contribution in [0.3, 0.4) is 0 Å². The zero-order chi connectivity index (χ0) is 8.81. The van der Waals surface area contributed by atoms with Crippen molar-refractivity contribution in [3.05, 3.63) is 29.8 Å². The topological polar surface area (TPSA) is 38.3 Å². The molecule has 0 saturated heterocycles. The Bertz CT molecular complexity index is 248. The van der Waals surface area contributed by atoms with Crippen molar-refractivity contribution in [1.29, 1.82) is 0 Å². The normalized spacial score (nSPS) is 9.08. The van der Waals surface area contributed by atoms with Gasteiger partial charge in [-0.15, -0.1) is 0 Å². The molecule has 64 valence electrons. The SMILES string of the molecule is O=COCc1ccc(NS)cc1. The van der Waals surface area contributed by atoms with Crippen LogP contribution in [0.4, 0.5) is 5.69 Å². The third-order valence-electron chi connectivity index (χ3n) is 1.40. The van der Waals surface area contributed by atoms with Crippen molar-refractivity contribution in [3.63, 3.8) is 0 Å². The van der Waals surface area contributed by atoms with Gasteiger partial charge in [-0.25, -0.2) is 0 Å². The van der Waals surface area contributed by atoms with Gasteiger partial charge in [0.1, 0.15) is 6.61 Å². The van der Waals surface area contributed by atoms with Crippen LogP contribution in [0.1, 0.15) is 5.56 Å². The maximum atomic E-state index is 9.85. The molecular weight excluding hydrogens is 174 g/mol. The molecule has 0 atom stereocenters. The zero-order valence-corrected chi connectivity index (χ0v) is 7.25. The highest BCUT2D eigenvalue weighted by atomic mass is 32.1. The molecular formula is C8H9NO2S. The molecule has 1 rings (SSSR count). The van der Waals surface area contributed by atoms with Crippen molar-refractivity contribution < 1.29 is 9.53 Å². The molecule has 0 unspecified atom stereocenters. The molecule has 0 fully saturated rings. The van der Waals surface area contributed by atoms with Gasteiger partial charge in [-0.1, -0.05) is 24.9 Å². The van der Waals surface area contributed by atoms with Crippen molar-refractivity contribution in [2.45, 2.75) is 6.61 Å². The van der Waals surface area contributed by atoms with Gasteiger partial charge in [0.25, 0.3) is 6.47 Å². The molecule has 1 N–H and O–H groups in total. The van der Waals surface area contributed by atoms with Crippen molar-refractivity contribution in [3.8, 4) is 0 Å². The third-order valence-corrected chi connectivity index (χ3v) is 1.66. The summed E-state index contributed by atoms with van der Waals surface area (Å²) in [5.74, 6) is 0. The highest BCUT2D eigenvalue weighted by molar-refractivity contribution is 7.81. The lowest BCUT2D eigenvalue weighted by Gasteiger charge is -2.01. The number of thiol groups is 1. The summed E-state index contributed by atoms with van der Waals surface area (Å²) in [6.07, 6.45) is 0. The maximum absolute atomic E-state index is 9.85. The van der Waals surface area contributed by atoms with Crippen LogP contribution in [0.15, 0.2) is 24.3 Å². The molecule has 0 aliphatic carbocycles. The van der Waals surface area contributed by atoms with Gasteiger partial charge in [0.2, 0.25) is 0 Å². The first-order valence-electron chi connectivity index (χ1n) is 3.41. The molecule has 0 bridgehead atoms. The Morgan fingerprint density at radius 2 is 2.08 bits per heavy atom. The first-order valence-corrected chi connectivity index (χ1v) is 3.86. The van der Waals surface area contributed by atoms with Gasteiger partial charge in [0.15, 0.2) is 0 Å². The number of anilines is 1. The Labute approximate surface area is 76.3 Å². The molecule has 4 heteroatoms. The van der Waals surface area contributed by atoms with Gasteiger partial charge in [-0.3, -0.25) is 4.79 Å². The summed E-state index contributed by atoms with van der Waals surface area (Å²) >= 11 is 3.88. The summed E-state index contributed by atoms with van der Waals surface area (Å²) in [5, 5.41) is 0. The molecule has 1 aromatic carbocycles. The second-order valence-electron chi connectivity index (χ2n) is 2.22. The Kier molecular flexibility index (Phi) is 3.47. The van der Waals surface area contributed by atoms with Crippen LogP contribution in [0, 0.1) is 0 Å². The number of carbonyl (C=O) groups excluding carboxylic acids is 1. The van der Waals surface area contributed by atoms with E-state index in [-0.39, 0.29) is 0 Å². The maximum Gasteiger partial charge on any atom is 0.293 e. The minimum atomic E-state index is 0.316. The summed E-state index contributed by atoms with van der Waals surface area (Å²) in [5.41, 5.74) is 1.86. The molecule has 0 heterocycles. The van der Waals surface area contributed by atoms with E-state index in [9.17, 15) is 4.79 Å². The monoisotopic (exact) mass is 183 g/mol. The van der Waals surface area contributed by atoms with Crippen LogP contribution in [-0.4, -0.2) is 6.47 Å². The van der Waals surface area contributed by atoms with Crippen LogP contribution >= 0.6 is 12.8 Å². The minimum absolute atomic E-state index is 0.316. The van der Waals surface area contributed by atoms with E-state index in [4.69, 9.17) is 0 Å². The molecule has 0 radical (unpaired) electrons. The van der Waals surface area contributed by atoms with Crippen LogP contribution in [0.25, 0.3) is 0 Å². The number of carbonyl (C=O) groups is 1. The zero-order valence-electron chi connectivity index (χ0n) is 6.36. The van der Waals surface area contributed by atoms with Gasteiger partial charge < -0.3 is 9.46 Å². The number of hydrogen-bond donors (Lipinski definition) is 2. The van der Waals surface area contributed by atoms with Gasteiger partial charge in [-0.05, 0) is 17.7 Å². The highest BCUT2D eigenvalue weighted by Crippen LogP contribution is 2.10. The molecule has 12 heavy (non-hydrogen) atoms. The average molecular weight is 183 g/mol. The van der Waals surface area contributed by atoms with Crippen LogP contribution in [-0.2, 0) is 16.1 Å². The fourth-order valence-electron chi connectivity index (χ4n) is 0.806. The summed E-state index contributed by atoms with van der Waals surface area (Å²) in [4.78, 5) is 9.85. The smallest absolute Gasteiger partial charge is 0.293 e. The fraction of sp³-hybridized carbons (Fsp3) is 0.125. The van der Waals surface area contributed by atoms with Crippen LogP contribution in [0.5, 0.6) is 0 Å². The lowest BCUT2D eigenvalue weighted by molar-refractivity contribution is -0.129. The Balaban J connectivity index is 2.58. The quantitative estimate of drug-likeness (QED) is 0.550. The first kappa shape index (κ1) is 8.93. The third kappa shape index (κ3) is 2.47. The van der Waals surface area contributed by atoms with E-state index in [1.165, 1.54) is 0 Å². The van der Waals surface area contributed by atoms with Gasteiger partial charge >= 0.3 is 0 Å². The molecule has 3 nitrogen and oxygen atoms in total. The Hall–Kier alpha value is -1.16. The van der Waals surface area contributed by atoms with E-state index in [1.54, 1.807) is 0 Å². The predicted molar refractivity (Wildman–Crippen MR) is 49.9 cm³/mol. The molecule has 0 aromatic heterocycles. The predicted octanol–water partition coefficient (Wildman–Crippen LogP) is 1.62. The molecule has 0 saturated carbocycles. The van der Waals surface area contributed by atoms with Crippen molar-refractivity contribution in [2.75, 3.05) is 4.72 Å². The van der Waals surface area contributed by atoms with Gasteiger partial charge in [0, 0.05) is 5.69 Å². The number of hydrogen-bond acceptors (Lipinski definition) is 4. The number of rotatable bonds is 4. The van der Waals surface area contributed by atoms with E-state index in [0.29, 0.717) is 13.1 Å². The first-order chi connectivity index (χ1) is 5.86. The molecule has 0 spiro atoms. The molecule has 0 aliphatic heterocycles. The molecule has 1 aromatic rings. The Morgan fingerprint density at radius 3 is 2.58 bits per heavy atom. The summed E-state index contributed by atoms with van der Waals surface area (Å²) in [6, 6.07) is 7.44. The lowest BCUT2D eigenvalue weighted by atomic mass is 10.2. The molecule has 0 amide bonds. The highest BCUT2D eigenvalue weighted by Gasteiger charge is 1.92. The van der Waals surface area contributed by atoms with Crippen LogP contribution < -0.4 is 4.72 Å². The number of nitrogens with one attached hydrogen (secondary N) is 1. The van der Waals surface area contributed by atoms with Crippen molar-refractivity contribution in [2.24, 2.45) is 0 Å². The van der Waals surface area contributed by atoms with Crippen molar-refractivity contribution in [1.82, 2.24) is 0 Å². The van der Waals surface area contributed by atoms with Gasteiger partial charge in [0.05, 0.1) is 0 Å². The average Bonchev–Trinajstić information content (AvgIpc) is 2.15. The Morgan fingerprint density at radius 1 is 1.42 bits per heavy atom. The lowest BCUT2D eigenvalue weighted by Crippen LogP contribution is -1.89. The van der Waals surface area contributed by atoms with E-state index < -0.39 is 0 Å². The standard InChI is InChI=1S/C8H9NO2S/c10-6-11-5-7-1-3-8(9-12)4-2-7/h1-4,6,9,12H,5H2. The summed E-state index contributed by atoms with van der Waals surface area (Å²) in [6.45, 7) is 0.751. The number of benzene rings is 1.